The van der Waals surface area contributed by atoms with E-state index < -0.39 is 0 Å². The molecule has 2 aliphatic heterocycles. The van der Waals surface area contributed by atoms with Gasteiger partial charge in [0.15, 0.2) is 5.82 Å². The van der Waals surface area contributed by atoms with Gasteiger partial charge in [0.2, 0.25) is 11.9 Å². The summed E-state index contributed by atoms with van der Waals surface area (Å²) in [7, 11) is 0. The molecule has 1 aromatic heterocycles. The van der Waals surface area contributed by atoms with Crippen molar-refractivity contribution in [3.8, 4) is 6.07 Å². The quantitative estimate of drug-likeness (QED) is 0.780. The van der Waals surface area contributed by atoms with Crippen molar-refractivity contribution in [2.45, 2.75) is 25.8 Å². The largest absolute Gasteiger partial charge is 0.378 e. The number of allylic oxidation sites excluding steroid dienone is 2. The highest BCUT2D eigenvalue weighted by atomic mass is 32.2. The number of nitriles is 1. The van der Waals surface area contributed by atoms with Crippen LogP contribution in [0.1, 0.15) is 25.6 Å². The number of ether oxygens (including phenoxy) is 1. The standard InChI is InChI=1S/C16H19N7OS/c1-10-9-25-14(18-10)12(8-17)13-20-15(19-11-2-3-11)22-16(21-13)23-4-6-24-7-5-23/h9,11,18H,2-7H2,1H3,(H,19,20,21,22)/b14-12-. The average Bonchev–Trinajstić information content (AvgIpc) is 3.35. The molecule has 130 valence electrons. The van der Waals surface area contributed by atoms with Crippen molar-refractivity contribution < 1.29 is 4.74 Å². The van der Waals surface area contributed by atoms with E-state index >= 15 is 0 Å². The van der Waals surface area contributed by atoms with Crippen LogP contribution >= 0.6 is 11.8 Å². The van der Waals surface area contributed by atoms with Crippen molar-refractivity contribution in [1.29, 1.82) is 5.26 Å². The van der Waals surface area contributed by atoms with Crippen molar-refractivity contribution in [1.82, 2.24) is 20.3 Å². The minimum absolute atomic E-state index is 0.403. The molecule has 8 nitrogen and oxygen atoms in total. The van der Waals surface area contributed by atoms with E-state index in [1.807, 2.05) is 12.3 Å². The molecule has 0 radical (unpaired) electrons. The molecule has 3 heterocycles. The van der Waals surface area contributed by atoms with Gasteiger partial charge in [0.1, 0.15) is 11.6 Å². The van der Waals surface area contributed by atoms with Crippen molar-refractivity contribution >= 4 is 29.2 Å². The van der Waals surface area contributed by atoms with E-state index in [0.717, 1.165) is 36.7 Å². The number of morpholine rings is 1. The Balaban J connectivity index is 1.71. The van der Waals surface area contributed by atoms with E-state index in [9.17, 15) is 5.26 Å². The molecular weight excluding hydrogens is 338 g/mol. The maximum Gasteiger partial charge on any atom is 0.230 e. The van der Waals surface area contributed by atoms with Crippen molar-refractivity contribution in [2.75, 3.05) is 36.5 Å². The van der Waals surface area contributed by atoms with Crippen LogP contribution in [0.2, 0.25) is 0 Å². The average molecular weight is 357 g/mol. The number of aromatic nitrogens is 3. The summed E-state index contributed by atoms with van der Waals surface area (Å²) >= 11 is 1.48. The lowest BCUT2D eigenvalue weighted by atomic mass is 10.3. The summed E-state index contributed by atoms with van der Waals surface area (Å²) in [5.74, 6) is 1.53. The molecule has 3 aliphatic rings. The maximum absolute atomic E-state index is 9.67. The fraction of sp³-hybridized carbons (Fsp3) is 0.500. The van der Waals surface area contributed by atoms with Gasteiger partial charge >= 0.3 is 0 Å². The summed E-state index contributed by atoms with van der Waals surface area (Å²) in [6, 6.07) is 2.67. The predicted molar refractivity (Wildman–Crippen MR) is 96.5 cm³/mol. The van der Waals surface area contributed by atoms with Gasteiger partial charge in [-0.05, 0) is 25.2 Å². The predicted octanol–water partition coefficient (Wildman–Crippen LogP) is 1.67. The zero-order valence-corrected chi connectivity index (χ0v) is 14.8. The van der Waals surface area contributed by atoms with Crippen LogP contribution in [0, 0.1) is 11.3 Å². The van der Waals surface area contributed by atoms with Crippen LogP contribution in [-0.4, -0.2) is 47.3 Å². The van der Waals surface area contributed by atoms with Gasteiger partial charge in [-0.15, -0.1) is 0 Å². The summed E-state index contributed by atoms with van der Waals surface area (Å²) < 4.78 is 5.41. The van der Waals surface area contributed by atoms with E-state index in [-0.39, 0.29) is 0 Å². The molecule has 1 aliphatic carbocycles. The Bertz CT molecular complexity index is 775. The van der Waals surface area contributed by atoms with Crippen LogP contribution in [0.5, 0.6) is 0 Å². The van der Waals surface area contributed by atoms with Gasteiger partial charge in [-0.25, -0.2) is 0 Å². The number of hydrogen-bond acceptors (Lipinski definition) is 9. The monoisotopic (exact) mass is 357 g/mol. The first-order valence-electron chi connectivity index (χ1n) is 8.33. The number of rotatable bonds is 4. The highest BCUT2D eigenvalue weighted by molar-refractivity contribution is 8.06. The van der Waals surface area contributed by atoms with Crippen LogP contribution in [0.3, 0.4) is 0 Å². The van der Waals surface area contributed by atoms with Gasteiger partial charge in [0.05, 0.1) is 18.2 Å². The van der Waals surface area contributed by atoms with Crippen LogP contribution in [0.4, 0.5) is 11.9 Å². The van der Waals surface area contributed by atoms with E-state index in [1.165, 1.54) is 11.8 Å². The van der Waals surface area contributed by atoms with Gasteiger partial charge in [-0.1, -0.05) is 11.8 Å². The third kappa shape index (κ3) is 3.70. The van der Waals surface area contributed by atoms with E-state index in [1.54, 1.807) is 0 Å². The summed E-state index contributed by atoms with van der Waals surface area (Å²) in [6.45, 7) is 4.73. The third-order valence-corrected chi connectivity index (χ3v) is 5.07. The number of thioether (sulfide) groups is 1. The van der Waals surface area contributed by atoms with E-state index in [2.05, 4.69) is 36.6 Å². The lowest BCUT2D eigenvalue weighted by molar-refractivity contribution is 0.122. The Hall–Kier alpha value is -2.31. The molecule has 4 rings (SSSR count). The number of anilines is 2. The first-order valence-corrected chi connectivity index (χ1v) is 9.21. The fourth-order valence-corrected chi connectivity index (χ4v) is 3.39. The fourth-order valence-electron chi connectivity index (χ4n) is 2.57. The first-order chi connectivity index (χ1) is 12.2. The molecule has 0 unspecified atom stereocenters. The molecule has 2 fully saturated rings. The molecule has 1 aromatic rings. The number of hydrogen-bond donors (Lipinski definition) is 2. The molecule has 0 amide bonds. The second-order valence-electron chi connectivity index (χ2n) is 6.16. The summed E-state index contributed by atoms with van der Waals surface area (Å²) in [4.78, 5) is 15.7. The van der Waals surface area contributed by atoms with Crippen LogP contribution in [0.15, 0.2) is 16.1 Å². The SMILES string of the molecule is CC1=CS/C(=C(/C#N)c2nc(NC3CC3)nc(N3CCOCC3)n2)N1. The highest BCUT2D eigenvalue weighted by Gasteiger charge is 2.25. The van der Waals surface area contributed by atoms with Crippen LogP contribution < -0.4 is 15.5 Å². The van der Waals surface area contributed by atoms with Gasteiger partial charge in [0, 0.05) is 24.8 Å². The molecule has 2 N–H and O–H groups in total. The molecule has 1 saturated carbocycles. The van der Waals surface area contributed by atoms with Gasteiger partial charge in [0.25, 0.3) is 0 Å². The van der Waals surface area contributed by atoms with Crippen LogP contribution in [-0.2, 0) is 4.74 Å². The Kier molecular flexibility index (Phi) is 4.46. The molecule has 9 heteroatoms. The normalized spacial score (nSPS) is 22.1. The Morgan fingerprint density at radius 2 is 2.16 bits per heavy atom. The topological polar surface area (TPSA) is 99.0 Å². The van der Waals surface area contributed by atoms with Gasteiger partial charge in [-0.2, -0.15) is 20.2 Å². The second-order valence-corrected chi connectivity index (χ2v) is 7.04. The zero-order valence-electron chi connectivity index (χ0n) is 13.9. The van der Waals surface area contributed by atoms with Crippen molar-refractivity contribution in [2.24, 2.45) is 0 Å². The molecule has 25 heavy (non-hydrogen) atoms. The summed E-state index contributed by atoms with van der Waals surface area (Å²) in [6.07, 6.45) is 2.25. The minimum Gasteiger partial charge on any atom is -0.378 e. The number of nitrogens with one attached hydrogen (secondary N) is 2. The van der Waals surface area contributed by atoms with Crippen molar-refractivity contribution in [3.05, 3.63) is 22.0 Å². The smallest absolute Gasteiger partial charge is 0.230 e. The molecular formula is C16H19N7OS. The van der Waals surface area contributed by atoms with Crippen molar-refractivity contribution in [3.63, 3.8) is 0 Å². The second kappa shape index (κ2) is 6.90. The lowest BCUT2D eigenvalue weighted by Crippen LogP contribution is -2.37. The van der Waals surface area contributed by atoms with Gasteiger partial charge in [-0.3, -0.25) is 0 Å². The molecule has 0 bridgehead atoms. The Morgan fingerprint density at radius 1 is 1.36 bits per heavy atom. The number of nitrogens with zero attached hydrogens (tertiary/aromatic N) is 5. The maximum atomic E-state index is 9.67. The molecule has 0 atom stereocenters. The molecule has 1 saturated heterocycles. The van der Waals surface area contributed by atoms with E-state index in [4.69, 9.17) is 4.74 Å². The van der Waals surface area contributed by atoms with Gasteiger partial charge < -0.3 is 20.3 Å². The Morgan fingerprint density at radius 3 is 2.80 bits per heavy atom. The lowest BCUT2D eigenvalue weighted by Gasteiger charge is -2.27. The van der Waals surface area contributed by atoms with Crippen LogP contribution in [0.25, 0.3) is 5.57 Å². The molecule has 0 aromatic carbocycles. The third-order valence-electron chi connectivity index (χ3n) is 4.05. The first kappa shape index (κ1) is 16.2. The summed E-state index contributed by atoms with van der Waals surface area (Å²) in [5.41, 5.74) is 1.44. The Labute approximate surface area is 150 Å². The van der Waals surface area contributed by atoms with E-state index in [0.29, 0.717) is 42.5 Å². The molecule has 0 spiro atoms. The summed E-state index contributed by atoms with van der Waals surface area (Å²) in [5, 5.41) is 18.9. The minimum atomic E-state index is 0.403. The zero-order chi connectivity index (χ0) is 17.2. The highest BCUT2D eigenvalue weighted by Crippen LogP contribution is 2.31.